The van der Waals surface area contributed by atoms with Crippen molar-refractivity contribution >= 4 is 49.4 Å². The number of hydrogen-bond donors (Lipinski definition) is 1. The van der Waals surface area contributed by atoms with Crippen LogP contribution in [0.3, 0.4) is 0 Å². The Bertz CT molecular complexity index is 644. The van der Waals surface area contributed by atoms with Crippen LogP contribution in [0, 0.1) is 0 Å². The highest BCUT2D eigenvalue weighted by Crippen LogP contribution is 2.33. The predicted octanol–water partition coefficient (Wildman–Crippen LogP) is 5.36. The molecule has 1 N–H and O–H groups in total. The summed E-state index contributed by atoms with van der Waals surface area (Å²) in [6.45, 7) is 0. The lowest BCUT2D eigenvalue weighted by atomic mass is 10.2. The van der Waals surface area contributed by atoms with Crippen LogP contribution in [0.4, 0.5) is 0 Å². The third kappa shape index (κ3) is 3.72. The first kappa shape index (κ1) is 14.4. The number of halogens is 3. The van der Waals surface area contributed by atoms with Gasteiger partial charge in [-0.3, -0.25) is 0 Å². The van der Waals surface area contributed by atoms with E-state index in [0.717, 1.165) is 0 Å². The van der Waals surface area contributed by atoms with E-state index in [1.807, 2.05) is 0 Å². The first-order valence-corrected chi connectivity index (χ1v) is 7.09. The second kappa shape index (κ2) is 5.94. The van der Waals surface area contributed by atoms with Gasteiger partial charge in [-0.1, -0.05) is 27.5 Å². The molecule has 98 valence electrons. The zero-order valence-corrected chi connectivity index (χ0v) is 13.3. The first-order chi connectivity index (χ1) is 8.95. The van der Waals surface area contributed by atoms with Gasteiger partial charge in [0.05, 0.1) is 10.0 Å². The minimum absolute atomic E-state index is 0.148. The molecule has 0 radical (unpaired) electrons. The fourth-order valence-electron chi connectivity index (χ4n) is 1.43. The van der Waals surface area contributed by atoms with E-state index >= 15 is 0 Å². The van der Waals surface area contributed by atoms with E-state index in [9.17, 15) is 4.79 Å². The topological polar surface area (TPSA) is 46.5 Å². The normalized spacial score (nSPS) is 10.3. The van der Waals surface area contributed by atoms with Crippen molar-refractivity contribution in [3.8, 4) is 11.5 Å². The Balaban J connectivity index is 2.35. The minimum Gasteiger partial charge on any atom is -0.478 e. The van der Waals surface area contributed by atoms with Crippen LogP contribution in [-0.2, 0) is 0 Å². The Morgan fingerprint density at radius 1 is 1.16 bits per heavy atom. The second-order valence-corrected chi connectivity index (χ2v) is 5.86. The number of rotatable bonds is 3. The van der Waals surface area contributed by atoms with Crippen LogP contribution in [0.25, 0.3) is 0 Å². The lowest BCUT2D eigenvalue weighted by molar-refractivity contribution is 0.0696. The lowest BCUT2D eigenvalue weighted by Gasteiger charge is -2.09. The maximum atomic E-state index is 11.0. The van der Waals surface area contributed by atoms with Crippen molar-refractivity contribution in [2.24, 2.45) is 0 Å². The first-order valence-electron chi connectivity index (χ1n) is 5.12. The number of ether oxygens (including phenoxy) is 1. The van der Waals surface area contributed by atoms with Crippen molar-refractivity contribution in [1.82, 2.24) is 0 Å². The summed E-state index contributed by atoms with van der Waals surface area (Å²) in [5, 5.41) is 9.57. The summed E-state index contributed by atoms with van der Waals surface area (Å²) in [4.78, 5) is 11.0. The average Bonchev–Trinajstić information content (AvgIpc) is 2.32. The van der Waals surface area contributed by atoms with Crippen molar-refractivity contribution < 1.29 is 14.6 Å². The number of benzene rings is 2. The van der Waals surface area contributed by atoms with Crippen molar-refractivity contribution in [3.63, 3.8) is 0 Å². The Hall–Kier alpha value is -1.04. The van der Waals surface area contributed by atoms with Crippen LogP contribution in [-0.4, -0.2) is 11.1 Å². The van der Waals surface area contributed by atoms with Gasteiger partial charge in [-0.2, -0.15) is 0 Å². The zero-order chi connectivity index (χ0) is 14.0. The number of carbonyl (C=O) groups is 1. The van der Waals surface area contributed by atoms with Crippen LogP contribution in [0.1, 0.15) is 10.4 Å². The Morgan fingerprint density at radius 2 is 1.89 bits per heavy atom. The summed E-state index contributed by atoms with van der Waals surface area (Å²) in [7, 11) is 0. The molecule has 0 unspecified atom stereocenters. The predicted molar refractivity (Wildman–Crippen MR) is 80.3 cm³/mol. The molecule has 2 aromatic rings. The minimum atomic E-state index is -1.01. The van der Waals surface area contributed by atoms with E-state index in [-0.39, 0.29) is 5.56 Å². The molecule has 6 heteroatoms. The van der Waals surface area contributed by atoms with Crippen LogP contribution in [0.5, 0.6) is 11.5 Å². The van der Waals surface area contributed by atoms with E-state index in [0.29, 0.717) is 25.5 Å². The van der Waals surface area contributed by atoms with Gasteiger partial charge in [0.25, 0.3) is 0 Å². The van der Waals surface area contributed by atoms with E-state index in [1.54, 1.807) is 24.3 Å². The maximum absolute atomic E-state index is 11.0. The van der Waals surface area contributed by atoms with Gasteiger partial charge in [0, 0.05) is 9.50 Å². The molecule has 0 saturated carbocycles. The van der Waals surface area contributed by atoms with Gasteiger partial charge in [0.15, 0.2) is 0 Å². The zero-order valence-electron chi connectivity index (χ0n) is 9.36. The third-order valence-electron chi connectivity index (χ3n) is 2.24. The largest absolute Gasteiger partial charge is 0.478 e. The fraction of sp³-hybridized carbons (Fsp3) is 0. The van der Waals surface area contributed by atoms with Crippen LogP contribution in [0.2, 0.25) is 5.02 Å². The number of aromatic carboxylic acids is 1. The summed E-state index contributed by atoms with van der Waals surface area (Å²) in [5.41, 5.74) is 0.148. The molecule has 0 heterocycles. The van der Waals surface area contributed by atoms with Crippen molar-refractivity contribution in [3.05, 3.63) is 55.9 Å². The smallest absolute Gasteiger partial charge is 0.335 e. The van der Waals surface area contributed by atoms with E-state index in [4.69, 9.17) is 21.4 Å². The molecule has 3 nitrogen and oxygen atoms in total. The number of carboxylic acid groups (broad SMARTS) is 1. The summed E-state index contributed by atoms with van der Waals surface area (Å²) in [6.07, 6.45) is 0. The molecule has 0 aromatic heterocycles. The molecule has 0 bridgehead atoms. The molecule has 2 aromatic carbocycles. The summed E-state index contributed by atoms with van der Waals surface area (Å²) in [5.74, 6) is -0.0324. The van der Waals surface area contributed by atoms with Gasteiger partial charge in [0.1, 0.15) is 11.5 Å². The van der Waals surface area contributed by atoms with Crippen molar-refractivity contribution in [1.29, 1.82) is 0 Å². The highest BCUT2D eigenvalue weighted by atomic mass is 79.9. The monoisotopic (exact) mass is 404 g/mol. The van der Waals surface area contributed by atoms with E-state index in [1.165, 1.54) is 12.1 Å². The van der Waals surface area contributed by atoms with Crippen molar-refractivity contribution in [2.75, 3.05) is 0 Å². The Morgan fingerprint density at radius 3 is 2.53 bits per heavy atom. The lowest BCUT2D eigenvalue weighted by Crippen LogP contribution is -1.97. The molecule has 0 aliphatic carbocycles. The molecule has 19 heavy (non-hydrogen) atoms. The van der Waals surface area contributed by atoms with Gasteiger partial charge in [-0.25, -0.2) is 4.79 Å². The second-order valence-electron chi connectivity index (χ2n) is 3.66. The van der Waals surface area contributed by atoms with Gasteiger partial charge < -0.3 is 9.84 Å². The highest BCUT2D eigenvalue weighted by molar-refractivity contribution is 9.10. The molecule has 0 fully saturated rings. The Kier molecular flexibility index (Phi) is 4.50. The fourth-order valence-corrected chi connectivity index (χ4v) is 2.67. The molecule has 0 saturated heterocycles. The standard InChI is InChI=1S/C13H7Br2ClO3/c14-8-3-7(13(17)18)4-10(5-8)19-12-2-1-9(16)6-11(12)15/h1-6H,(H,17,18). The summed E-state index contributed by atoms with van der Waals surface area (Å²) in [6, 6.07) is 9.74. The van der Waals surface area contributed by atoms with Crippen LogP contribution < -0.4 is 4.74 Å². The summed E-state index contributed by atoms with van der Waals surface area (Å²) >= 11 is 12.4. The molecule has 0 aliphatic heterocycles. The quantitative estimate of drug-likeness (QED) is 0.747. The molecule has 0 spiro atoms. The van der Waals surface area contributed by atoms with E-state index in [2.05, 4.69) is 31.9 Å². The molecular weight excluding hydrogens is 399 g/mol. The van der Waals surface area contributed by atoms with E-state index < -0.39 is 5.97 Å². The van der Waals surface area contributed by atoms with Crippen molar-refractivity contribution in [2.45, 2.75) is 0 Å². The molecule has 0 amide bonds. The number of hydrogen-bond acceptors (Lipinski definition) is 2. The highest BCUT2D eigenvalue weighted by Gasteiger charge is 2.09. The van der Waals surface area contributed by atoms with Gasteiger partial charge in [-0.05, 0) is 52.3 Å². The average molecular weight is 406 g/mol. The van der Waals surface area contributed by atoms with Crippen LogP contribution in [0.15, 0.2) is 45.3 Å². The SMILES string of the molecule is O=C(O)c1cc(Br)cc(Oc2ccc(Cl)cc2Br)c1. The van der Waals surface area contributed by atoms with Gasteiger partial charge in [-0.15, -0.1) is 0 Å². The van der Waals surface area contributed by atoms with Crippen LogP contribution >= 0.6 is 43.5 Å². The molecule has 0 aliphatic rings. The van der Waals surface area contributed by atoms with Gasteiger partial charge >= 0.3 is 5.97 Å². The Labute approximate surface area is 131 Å². The molecule has 0 atom stereocenters. The number of carboxylic acids is 1. The third-order valence-corrected chi connectivity index (χ3v) is 3.55. The summed E-state index contributed by atoms with van der Waals surface area (Å²) < 4.78 is 6.96. The molecule has 2 rings (SSSR count). The maximum Gasteiger partial charge on any atom is 0.335 e. The molecular formula is C13H7Br2ClO3. The van der Waals surface area contributed by atoms with Gasteiger partial charge in [0.2, 0.25) is 0 Å².